The van der Waals surface area contributed by atoms with Gasteiger partial charge in [-0.25, -0.2) is 0 Å². The first-order valence-corrected chi connectivity index (χ1v) is 11.2. The number of hydrogen-bond acceptors (Lipinski definition) is 2. The number of piperidine rings is 1. The molecular formula is C24H39Cl2N3. The second-order valence-corrected chi connectivity index (χ2v) is 9.20. The zero-order valence-electron chi connectivity index (χ0n) is 18.1. The van der Waals surface area contributed by atoms with Gasteiger partial charge in [-0.3, -0.25) is 0 Å². The van der Waals surface area contributed by atoms with Crippen molar-refractivity contribution in [1.29, 1.82) is 0 Å². The predicted molar refractivity (Wildman–Crippen MR) is 130 cm³/mol. The normalized spacial score (nSPS) is 23.7. The Balaban J connectivity index is 0.00000150. The number of nitrogens with zero attached hydrogens (tertiary/aromatic N) is 2. The van der Waals surface area contributed by atoms with E-state index in [-0.39, 0.29) is 24.8 Å². The summed E-state index contributed by atoms with van der Waals surface area (Å²) in [6, 6.07) is 10.4. The van der Waals surface area contributed by atoms with Crippen molar-refractivity contribution in [2.75, 3.05) is 19.6 Å². The zero-order valence-corrected chi connectivity index (χ0v) is 19.7. The van der Waals surface area contributed by atoms with Crippen LogP contribution in [0.25, 0.3) is 10.9 Å². The lowest BCUT2D eigenvalue weighted by atomic mass is 9.79. The molecule has 164 valence electrons. The molecule has 0 spiro atoms. The van der Waals surface area contributed by atoms with Crippen LogP contribution in [0, 0.1) is 11.8 Å². The average Bonchev–Trinajstić information content (AvgIpc) is 3.07. The van der Waals surface area contributed by atoms with Crippen LogP contribution in [-0.4, -0.2) is 35.1 Å². The molecule has 29 heavy (non-hydrogen) atoms. The molecule has 2 heterocycles. The third-order valence-corrected chi connectivity index (χ3v) is 7.33. The summed E-state index contributed by atoms with van der Waals surface area (Å²) in [4.78, 5) is 2.81. The van der Waals surface area contributed by atoms with Gasteiger partial charge in [0.2, 0.25) is 0 Å². The first kappa shape index (κ1) is 24.5. The zero-order chi connectivity index (χ0) is 18.8. The molecule has 1 saturated carbocycles. The van der Waals surface area contributed by atoms with E-state index in [0.29, 0.717) is 6.04 Å². The number of halogens is 2. The summed E-state index contributed by atoms with van der Waals surface area (Å²) in [5.74, 6) is 1.83. The van der Waals surface area contributed by atoms with E-state index in [0.717, 1.165) is 30.8 Å². The van der Waals surface area contributed by atoms with Gasteiger partial charge in [0.15, 0.2) is 0 Å². The molecule has 0 atom stereocenters. The lowest BCUT2D eigenvalue weighted by Gasteiger charge is -2.42. The summed E-state index contributed by atoms with van der Waals surface area (Å²) in [7, 11) is 0. The lowest BCUT2D eigenvalue weighted by molar-refractivity contribution is 0.0894. The van der Waals surface area contributed by atoms with Gasteiger partial charge in [-0.05, 0) is 75.0 Å². The van der Waals surface area contributed by atoms with E-state index in [4.69, 9.17) is 5.73 Å². The van der Waals surface area contributed by atoms with E-state index in [1.807, 2.05) is 0 Å². The van der Waals surface area contributed by atoms with Crippen LogP contribution >= 0.6 is 24.8 Å². The first-order valence-electron chi connectivity index (χ1n) is 11.2. The molecule has 1 aliphatic heterocycles. The lowest BCUT2D eigenvalue weighted by Crippen LogP contribution is -2.43. The number of benzene rings is 1. The van der Waals surface area contributed by atoms with Crippen molar-refractivity contribution in [2.24, 2.45) is 17.6 Å². The van der Waals surface area contributed by atoms with E-state index in [1.54, 1.807) is 0 Å². The minimum atomic E-state index is 0. The van der Waals surface area contributed by atoms with Gasteiger partial charge in [0.1, 0.15) is 0 Å². The average molecular weight is 441 g/mol. The third kappa shape index (κ3) is 5.31. The number of hydrogen-bond donors (Lipinski definition) is 1. The molecule has 2 N–H and O–H groups in total. The smallest absolute Gasteiger partial charge is 0.0485 e. The van der Waals surface area contributed by atoms with Gasteiger partial charge >= 0.3 is 0 Å². The van der Waals surface area contributed by atoms with Crippen LogP contribution in [0.5, 0.6) is 0 Å². The van der Waals surface area contributed by atoms with Crippen molar-refractivity contribution < 1.29 is 0 Å². The van der Waals surface area contributed by atoms with Gasteiger partial charge < -0.3 is 15.2 Å². The molecule has 2 aliphatic rings. The van der Waals surface area contributed by atoms with Crippen molar-refractivity contribution >= 4 is 35.7 Å². The molecule has 2 aromatic rings. The Morgan fingerprint density at radius 2 is 1.59 bits per heavy atom. The van der Waals surface area contributed by atoms with E-state index in [9.17, 15) is 0 Å². The van der Waals surface area contributed by atoms with Crippen molar-refractivity contribution in [1.82, 2.24) is 9.47 Å². The maximum Gasteiger partial charge on any atom is 0.0485 e. The molecule has 1 aromatic carbocycles. The molecule has 1 saturated heterocycles. The molecule has 0 unspecified atom stereocenters. The highest BCUT2D eigenvalue weighted by molar-refractivity contribution is 5.85. The van der Waals surface area contributed by atoms with Gasteiger partial charge in [0.05, 0.1) is 0 Å². The Labute approximate surface area is 189 Å². The number of fused-ring (bicyclic) bond motifs is 1. The highest BCUT2D eigenvalue weighted by Gasteiger charge is 2.30. The fraction of sp³-hybridized carbons (Fsp3) is 0.667. The molecule has 0 amide bonds. The van der Waals surface area contributed by atoms with Gasteiger partial charge in [-0.2, -0.15) is 0 Å². The van der Waals surface area contributed by atoms with Gasteiger partial charge in [0, 0.05) is 42.3 Å². The Morgan fingerprint density at radius 3 is 2.21 bits per heavy atom. The predicted octanol–water partition coefficient (Wildman–Crippen LogP) is 5.84. The highest BCUT2D eigenvalue weighted by Crippen LogP contribution is 2.35. The van der Waals surface area contributed by atoms with Crippen molar-refractivity contribution in [3.8, 4) is 0 Å². The van der Waals surface area contributed by atoms with Crippen molar-refractivity contribution in [2.45, 2.75) is 70.9 Å². The molecule has 5 heteroatoms. The van der Waals surface area contributed by atoms with E-state index in [1.165, 1.54) is 68.1 Å². The Kier molecular flexibility index (Phi) is 9.34. The van der Waals surface area contributed by atoms with Crippen LogP contribution in [-0.2, 0) is 6.42 Å². The summed E-state index contributed by atoms with van der Waals surface area (Å²) in [6.07, 6.45) is 11.6. The number of aromatic nitrogens is 1. The van der Waals surface area contributed by atoms with Gasteiger partial charge in [-0.1, -0.05) is 32.0 Å². The number of likely N-dealkylation sites (tertiary alicyclic amines) is 1. The maximum absolute atomic E-state index is 5.85. The van der Waals surface area contributed by atoms with Crippen LogP contribution in [0.4, 0.5) is 0 Å². The van der Waals surface area contributed by atoms with Crippen LogP contribution in [0.1, 0.15) is 64.0 Å². The van der Waals surface area contributed by atoms with Crippen LogP contribution in [0.2, 0.25) is 0 Å². The number of rotatable bonds is 5. The van der Waals surface area contributed by atoms with Crippen molar-refractivity contribution in [3.63, 3.8) is 0 Å². The number of nitrogens with two attached hydrogens (primary N) is 1. The summed E-state index contributed by atoms with van der Waals surface area (Å²) < 4.78 is 2.56. The Morgan fingerprint density at radius 1 is 0.931 bits per heavy atom. The molecule has 1 aromatic heterocycles. The molecule has 0 bridgehead atoms. The SMILES string of the molecule is CC(C)C1CCC(N2CCC(n3cc(CCN)c4ccccc43)CC2)CC1.Cl.Cl. The first-order chi connectivity index (χ1) is 13.2. The summed E-state index contributed by atoms with van der Waals surface area (Å²) in [6.45, 7) is 8.06. The second kappa shape index (κ2) is 11.0. The minimum Gasteiger partial charge on any atom is -0.344 e. The van der Waals surface area contributed by atoms with E-state index in [2.05, 4.69) is 53.8 Å². The number of para-hydroxylation sites is 1. The minimum absolute atomic E-state index is 0. The largest absolute Gasteiger partial charge is 0.344 e. The summed E-state index contributed by atoms with van der Waals surface area (Å²) in [5.41, 5.74) is 8.67. The second-order valence-electron chi connectivity index (χ2n) is 9.20. The molecule has 3 nitrogen and oxygen atoms in total. The van der Waals surface area contributed by atoms with Crippen LogP contribution in [0.15, 0.2) is 30.5 Å². The molecular weight excluding hydrogens is 401 g/mol. The molecule has 1 aliphatic carbocycles. The monoisotopic (exact) mass is 439 g/mol. The van der Waals surface area contributed by atoms with Crippen LogP contribution in [0.3, 0.4) is 0 Å². The van der Waals surface area contributed by atoms with Crippen molar-refractivity contribution in [3.05, 3.63) is 36.0 Å². The molecule has 2 fully saturated rings. The fourth-order valence-electron chi connectivity index (χ4n) is 5.60. The molecule has 0 radical (unpaired) electrons. The quantitative estimate of drug-likeness (QED) is 0.634. The maximum atomic E-state index is 5.85. The molecule has 4 rings (SSSR count). The van der Waals surface area contributed by atoms with Crippen LogP contribution < -0.4 is 5.73 Å². The summed E-state index contributed by atoms with van der Waals surface area (Å²) in [5, 5.41) is 1.40. The van der Waals surface area contributed by atoms with Gasteiger partial charge in [-0.15, -0.1) is 24.8 Å². The third-order valence-electron chi connectivity index (χ3n) is 7.33. The van der Waals surface area contributed by atoms with E-state index < -0.39 is 0 Å². The standard InChI is InChI=1S/C24H37N3.2ClH/c1-18(2)19-7-9-21(10-8-19)26-15-12-22(13-16-26)27-17-20(11-14-25)23-5-3-4-6-24(23)27;;/h3-6,17-19,21-22H,7-16,25H2,1-2H3;2*1H. The summed E-state index contributed by atoms with van der Waals surface area (Å²) >= 11 is 0. The highest BCUT2D eigenvalue weighted by atomic mass is 35.5. The Hall–Kier alpha value is -0.740. The topological polar surface area (TPSA) is 34.2 Å². The fourth-order valence-corrected chi connectivity index (χ4v) is 5.60. The Bertz CT molecular complexity index is 742. The van der Waals surface area contributed by atoms with Gasteiger partial charge in [0.25, 0.3) is 0 Å². The van der Waals surface area contributed by atoms with E-state index >= 15 is 0 Å².